The Morgan fingerprint density at radius 3 is 2.24 bits per heavy atom. The summed E-state index contributed by atoms with van der Waals surface area (Å²) in [5, 5.41) is 2.97. The van der Waals surface area contributed by atoms with E-state index in [0.29, 0.717) is 17.7 Å². The second-order valence-corrected chi connectivity index (χ2v) is 7.13. The summed E-state index contributed by atoms with van der Waals surface area (Å²) < 4.78 is 0. The Kier molecular flexibility index (Phi) is 6.39. The molecule has 1 N–H and O–H groups in total. The monoisotopic (exact) mass is 387 g/mol. The van der Waals surface area contributed by atoms with Crippen molar-refractivity contribution in [2.75, 3.05) is 18.9 Å². The van der Waals surface area contributed by atoms with Crippen LogP contribution < -0.4 is 5.32 Å². The van der Waals surface area contributed by atoms with Crippen LogP contribution in [0.5, 0.6) is 0 Å². The highest BCUT2D eigenvalue weighted by Gasteiger charge is 2.15. The Balaban J connectivity index is 1.69. The highest BCUT2D eigenvalue weighted by Crippen LogP contribution is 2.20. The maximum absolute atomic E-state index is 12.8. The van der Waals surface area contributed by atoms with Gasteiger partial charge in [-0.15, -0.1) is 0 Å². The molecule has 29 heavy (non-hydrogen) atoms. The van der Waals surface area contributed by atoms with Gasteiger partial charge in [0.2, 0.25) is 0 Å². The molecule has 1 aromatic heterocycles. The number of hydrogen-bond donors (Lipinski definition) is 1. The topological polar surface area (TPSA) is 62.3 Å². The fourth-order valence-corrected chi connectivity index (χ4v) is 3.16. The van der Waals surface area contributed by atoms with Gasteiger partial charge in [0.15, 0.2) is 0 Å². The number of benzene rings is 2. The summed E-state index contributed by atoms with van der Waals surface area (Å²) in [6.07, 6.45) is 4.24. The lowest BCUT2D eigenvalue weighted by molar-refractivity contribution is 0.0796. The normalized spacial score (nSPS) is 10.4. The van der Waals surface area contributed by atoms with Gasteiger partial charge in [0.1, 0.15) is 0 Å². The third-order valence-electron chi connectivity index (χ3n) is 4.92. The van der Waals surface area contributed by atoms with Crippen molar-refractivity contribution in [1.82, 2.24) is 9.88 Å². The van der Waals surface area contributed by atoms with E-state index in [4.69, 9.17) is 0 Å². The third-order valence-corrected chi connectivity index (χ3v) is 4.92. The van der Waals surface area contributed by atoms with E-state index in [2.05, 4.69) is 10.3 Å². The third kappa shape index (κ3) is 5.08. The van der Waals surface area contributed by atoms with Crippen molar-refractivity contribution in [3.05, 3.63) is 94.8 Å². The standard InChI is InChI=1S/C24H25N3O2/c1-17-6-4-7-18(2)22(17)26-23(28)20-8-5-9-21(16-20)24(29)27(3)15-12-19-10-13-25-14-11-19/h4-11,13-14,16H,12,15H2,1-3H3,(H,26,28). The molecule has 1 heterocycles. The number of nitrogens with one attached hydrogen (secondary N) is 1. The molecule has 148 valence electrons. The van der Waals surface area contributed by atoms with Gasteiger partial charge < -0.3 is 10.2 Å². The molecule has 2 aromatic carbocycles. The molecule has 0 fully saturated rings. The first-order chi connectivity index (χ1) is 14.0. The number of aromatic nitrogens is 1. The first-order valence-electron chi connectivity index (χ1n) is 9.57. The quantitative estimate of drug-likeness (QED) is 0.687. The van der Waals surface area contributed by atoms with Crippen LogP contribution in [0.25, 0.3) is 0 Å². The first kappa shape index (κ1) is 20.3. The largest absolute Gasteiger partial charge is 0.341 e. The van der Waals surface area contributed by atoms with Gasteiger partial charge in [-0.3, -0.25) is 14.6 Å². The van der Waals surface area contributed by atoms with Crippen LogP contribution in [0, 0.1) is 13.8 Å². The number of para-hydroxylation sites is 1. The Hall–Kier alpha value is -3.47. The molecule has 3 aromatic rings. The van der Waals surface area contributed by atoms with Crippen molar-refractivity contribution in [2.45, 2.75) is 20.3 Å². The maximum atomic E-state index is 12.8. The predicted molar refractivity (Wildman–Crippen MR) is 115 cm³/mol. The molecule has 0 spiro atoms. The summed E-state index contributed by atoms with van der Waals surface area (Å²) in [6, 6.07) is 16.6. The minimum atomic E-state index is -0.225. The summed E-state index contributed by atoms with van der Waals surface area (Å²) in [7, 11) is 1.77. The number of amides is 2. The smallest absolute Gasteiger partial charge is 0.255 e. The molecule has 2 amide bonds. The molecule has 0 aliphatic heterocycles. The Morgan fingerprint density at radius 2 is 1.55 bits per heavy atom. The van der Waals surface area contributed by atoms with Crippen molar-refractivity contribution in [3.63, 3.8) is 0 Å². The van der Waals surface area contributed by atoms with Gasteiger partial charge in [0, 0.05) is 42.8 Å². The second-order valence-electron chi connectivity index (χ2n) is 7.13. The average Bonchev–Trinajstić information content (AvgIpc) is 2.75. The van der Waals surface area contributed by atoms with E-state index in [-0.39, 0.29) is 11.8 Å². The number of aryl methyl sites for hydroxylation is 2. The van der Waals surface area contributed by atoms with Crippen LogP contribution in [0.3, 0.4) is 0 Å². The Labute approximate surface area is 171 Å². The molecule has 0 aliphatic carbocycles. The molecular weight excluding hydrogens is 362 g/mol. The number of carbonyl (C=O) groups is 2. The number of carbonyl (C=O) groups excluding carboxylic acids is 2. The zero-order chi connectivity index (χ0) is 20.8. The predicted octanol–water partition coefficient (Wildman–Crippen LogP) is 4.27. The zero-order valence-electron chi connectivity index (χ0n) is 17.0. The van der Waals surface area contributed by atoms with Gasteiger partial charge in [-0.05, 0) is 67.3 Å². The summed E-state index contributed by atoms with van der Waals surface area (Å²) >= 11 is 0. The van der Waals surface area contributed by atoms with E-state index >= 15 is 0 Å². The van der Waals surface area contributed by atoms with Crippen LogP contribution in [-0.2, 0) is 6.42 Å². The summed E-state index contributed by atoms with van der Waals surface area (Å²) in [5.74, 6) is -0.336. The van der Waals surface area contributed by atoms with Crippen LogP contribution in [0.2, 0.25) is 0 Å². The number of rotatable bonds is 6. The van der Waals surface area contributed by atoms with E-state index in [1.807, 2.05) is 44.2 Å². The van der Waals surface area contributed by atoms with Crippen molar-refractivity contribution in [1.29, 1.82) is 0 Å². The van der Waals surface area contributed by atoms with Crippen LogP contribution >= 0.6 is 0 Å². The average molecular weight is 387 g/mol. The van der Waals surface area contributed by atoms with Crippen molar-refractivity contribution in [3.8, 4) is 0 Å². The second kappa shape index (κ2) is 9.15. The number of pyridine rings is 1. The number of nitrogens with zero attached hydrogens (tertiary/aromatic N) is 2. The van der Waals surface area contributed by atoms with Crippen LogP contribution in [-0.4, -0.2) is 35.3 Å². The van der Waals surface area contributed by atoms with Gasteiger partial charge in [-0.25, -0.2) is 0 Å². The minimum Gasteiger partial charge on any atom is -0.341 e. The molecular formula is C24H25N3O2. The van der Waals surface area contributed by atoms with E-state index < -0.39 is 0 Å². The lowest BCUT2D eigenvalue weighted by Gasteiger charge is -2.18. The lowest BCUT2D eigenvalue weighted by atomic mass is 10.1. The molecule has 0 unspecified atom stereocenters. The molecule has 0 aliphatic rings. The van der Waals surface area contributed by atoms with E-state index in [1.54, 1.807) is 48.6 Å². The van der Waals surface area contributed by atoms with Gasteiger partial charge in [0.05, 0.1) is 0 Å². The molecule has 0 saturated heterocycles. The fraction of sp³-hybridized carbons (Fsp3) is 0.208. The lowest BCUT2D eigenvalue weighted by Crippen LogP contribution is -2.29. The Morgan fingerprint density at radius 1 is 0.931 bits per heavy atom. The molecule has 5 heteroatoms. The van der Waals surface area contributed by atoms with E-state index in [0.717, 1.165) is 28.8 Å². The summed E-state index contributed by atoms with van der Waals surface area (Å²) in [6.45, 7) is 4.50. The van der Waals surface area contributed by atoms with Gasteiger partial charge in [0.25, 0.3) is 11.8 Å². The highest BCUT2D eigenvalue weighted by atomic mass is 16.2. The number of hydrogen-bond acceptors (Lipinski definition) is 3. The van der Waals surface area contributed by atoms with Crippen LogP contribution in [0.1, 0.15) is 37.4 Å². The molecule has 0 atom stereocenters. The highest BCUT2D eigenvalue weighted by molar-refractivity contribution is 6.06. The van der Waals surface area contributed by atoms with E-state index in [9.17, 15) is 9.59 Å². The zero-order valence-corrected chi connectivity index (χ0v) is 17.0. The summed E-state index contributed by atoms with van der Waals surface area (Å²) in [5.41, 5.74) is 4.89. The van der Waals surface area contributed by atoms with Crippen molar-refractivity contribution in [2.24, 2.45) is 0 Å². The van der Waals surface area contributed by atoms with Crippen LogP contribution in [0.15, 0.2) is 67.0 Å². The van der Waals surface area contributed by atoms with Crippen molar-refractivity contribution < 1.29 is 9.59 Å². The number of anilines is 1. The van der Waals surface area contributed by atoms with Crippen molar-refractivity contribution >= 4 is 17.5 Å². The molecule has 0 bridgehead atoms. The SMILES string of the molecule is Cc1cccc(C)c1NC(=O)c1cccc(C(=O)N(C)CCc2ccncc2)c1. The van der Waals surface area contributed by atoms with Gasteiger partial charge >= 0.3 is 0 Å². The van der Waals surface area contributed by atoms with E-state index in [1.165, 1.54) is 0 Å². The molecule has 3 rings (SSSR count). The fourth-order valence-electron chi connectivity index (χ4n) is 3.16. The summed E-state index contributed by atoms with van der Waals surface area (Å²) in [4.78, 5) is 31.2. The van der Waals surface area contributed by atoms with Gasteiger partial charge in [-0.2, -0.15) is 0 Å². The maximum Gasteiger partial charge on any atom is 0.255 e. The molecule has 0 radical (unpaired) electrons. The Bertz CT molecular complexity index is 995. The van der Waals surface area contributed by atoms with Crippen LogP contribution in [0.4, 0.5) is 5.69 Å². The number of likely N-dealkylation sites (N-methyl/N-ethyl adjacent to an activating group) is 1. The molecule has 0 saturated carbocycles. The minimum absolute atomic E-state index is 0.110. The molecule has 5 nitrogen and oxygen atoms in total. The first-order valence-corrected chi connectivity index (χ1v) is 9.57. The van der Waals surface area contributed by atoms with Gasteiger partial charge in [-0.1, -0.05) is 24.3 Å².